The number of hydrogen-bond acceptors (Lipinski definition) is 4. The summed E-state index contributed by atoms with van der Waals surface area (Å²) in [5.41, 5.74) is 5.33. The maximum absolute atomic E-state index is 10.3. The van der Waals surface area contributed by atoms with Crippen molar-refractivity contribution >= 4 is 12.4 Å². The fraction of sp³-hybridized carbons (Fsp3) is 0.200. The van der Waals surface area contributed by atoms with E-state index in [1.54, 1.807) is 24.3 Å². The average Bonchev–Trinajstić information content (AvgIpc) is 2.25. The first-order valence-electron chi connectivity index (χ1n) is 4.32. The number of primary amides is 1. The zero-order valence-electron chi connectivity index (χ0n) is 8.01. The van der Waals surface area contributed by atoms with Crippen molar-refractivity contribution in [3.05, 3.63) is 29.8 Å². The molecular weight excluding hydrogens is 198 g/mol. The quantitative estimate of drug-likeness (QED) is 0.579. The Hall–Kier alpha value is -2.04. The Kier molecular flexibility index (Phi) is 4.15. The van der Waals surface area contributed by atoms with Gasteiger partial charge in [-0.05, 0) is 24.3 Å². The number of hydrogen-bond donors (Lipinski definition) is 1. The second kappa shape index (κ2) is 5.64. The number of benzene rings is 1. The minimum atomic E-state index is -0.824. The Morgan fingerprint density at radius 1 is 1.27 bits per heavy atom. The maximum Gasteiger partial charge on any atom is 0.404 e. The topological polar surface area (TPSA) is 78.6 Å². The predicted octanol–water partition coefficient (Wildman–Crippen LogP) is 0.973. The van der Waals surface area contributed by atoms with Crippen LogP contribution in [-0.2, 0) is 4.74 Å². The van der Waals surface area contributed by atoms with Gasteiger partial charge in [-0.3, -0.25) is 4.79 Å². The summed E-state index contributed by atoms with van der Waals surface area (Å²) in [6.07, 6.45) is -0.0742. The van der Waals surface area contributed by atoms with Crippen molar-refractivity contribution in [2.45, 2.75) is 0 Å². The number of ether oxygens (including phenoxy) is 2. The SMILES string of the molecule is NC(=O)OCCOc1ccc(C=O)cc1. The third kappa shape index (κ3) is 4.12. The molecule has 0 aromatic heterocycles. The second-order valence-corrected chi connectivity index (χ2v) is 2.70. The van der Waals surface area contributed by atoms with Crippen LogP contribution in [0.2, 0.25) is 0 Å². The van der Waals surface area contributed by atoms with E-state index in [2.05, 4.69) is 4.74 Å². The lowest BCUT2D eigenvalue weighted by atomic mass is 10.2. The lowest BCUT2D eigenvalue weighted by Crippen LogP contribution is -2.17. The fourth-order valence-corrected chi connectivity index (χ4v) is 0.944. The maximum atomic E-state index is 10.3. The standard InChI is InChI=1S/C10H11NO4/c11-10(13)15-6-5-14-9-3-1-8(7-12)2-4-9/h1-4,7H,5-6H2,(H2,11,13). The van der Waals surface area contributed by atoms with Gasteiger partial charge in [0, 0.05) is 5.56 Å². The zero-order valence-corrected chi connectivity index (χ0v) is 8.01. The van der Waals surface area contributed by atoms with Gasteiger partial charge < -0.3 is 15.2 Å². The van der Waals surface area contributed by atoms with E-state index in [9.17, 15) is 9.59 Å². The molecule has 1 amide bonds. The highest BCUT2D eigenvalue weighted by Gasteiger charge is 1.96. The molecule has 0 spiro atoms. The van der Waals surface area contributed by atoms with E-state index < -0.39 is 6.09 Å². The van der Waals surface area contributed by atoms with Crippen LogP contribution >= 0.6 is 0 Å². The molecule has 0 radical (unpaired) electrons. The van der Waals surface area contributed by atoms with Gasteiger partial charge in [0.2, 0.25) is 0 Å². The van der Waals surface area contributed by atoms with Gasteiger partial charge in [0.15, 0.2) is 0 Å². The first-order chi connectivity index (χ1) is 7.22. The summed E-state index contributed by atoms with van der Waals surface area (Å²) in [4.78, 5) is 20.5. The molecule has 5 nitrogen and oxygen atoms in total. The molecule has 0 saturated heterocycles. The molecule has 1 rings (SSSR count). The van der Waals surface area contributed by atoms with E-state index >= 15 is 0 Å². The van der Waals surface area contributed by atoms with Crippen LogP contribution < -0.4 is 10.5 Å². The summed E-state index contributed by atoms with van der Waals surface area (Å²) in [6.45, 7) is 0.328. The van der Waals surface area contributed by atoms with Gasteiger partial charge in [0.25, 0.3) is 0 Å². The number of nitrogens with two attached hydrogens (primary N) is 1. The first-order valence-corrected chi connectivity index (χ1v) is 4.32. The Bertz CT molecular complexity index is 334. The number of carbonyl (C=O) groups excluding carboxylic acids is 2. The molecule has 2 N–H and O–H groups in total. The molecule has 0 atom stereocenters. The Morgan fingerprint density at radius 2 is 1.93 bits per heavy atom. The molecule has 80 valence electrons. The lowest BCUT2D eigenvalue weighted by Gasteiger charge is -2.05. The average molecular weight is 209 g/mol. The minimum Gasteiger partial charge on any atom is -0.490 e. The molecule has 0 aliphatic heterocycles. The highest BCUT2D eigenvalue weighted by molar-refractivity contribution is 5.74. The Balaban J connectivity index is 2.31. The van der Waals surface area contributed by atoms with Crippen LogP contribution in [0, 0.1) is 0 Å². The third-order valence-corrected chi connectivity index (χ3v) is 1.61. The first kappa shape index (κ1) is 11.0. The van der Waals surface area contributed by atoms with Crippen LogP contribution in [0.1, 0.15) is 10.4 Å². The number of amides is 1. The number of rotatable bonds is 5. The zero-order chi connectivity index (χ0) is 11.1. The smallest absolute Gasteiger partial charge is 0.404 e. The van der Waals surface area contributed by atoms with E-state index in [0.29, 0.717) is 11.3 Å². The molecule has 5 heteroatoms. The van der Waals surface area contributed by atoms with Crippen molar-refractivity contribution in [2.24, 2.45) is 5.73 Å². The van der Waals surface area contributed by atoms with E-state index in [-0.39, 0.29) is 13.2 Å². The van der Waals surface area contributed by atoms with Gasteiger partial charge in [0.05, 0.1) is 0 Å². The molecule has 0 bridgehead atoms. The monoisotopic (exact) mass is 209 g/mol. The van der Waals surface area contributed by atoms with Crippen LogP contribution in [0.4, 0.5) is 4.79 Å². The minimum absolute atomic E-state index is 0.102. The molecule has 15 heavy (non-hydrogen) atoms. The van der Waals surface area contributed by atoms with Gasteiger partial charge in [0.1, 0.15) is 25.2 Å². The summed E-state index contributed by atoms with van der Waals surface area (Å²) in [6, 6.07) is 6.59. The van der Waals surface area contributed by atoms with Crippen molar-refractivity contribution in [2.75, 3.05) is 13.2 Å². The molecule has 1 aromatic rings. The van der Waals surface area contributed by atoms with Crippen molar-refractivity contribution in [3.63, 3.8) is 0 Å². The van der Waals surface area contributed by atoms with Crippen molar-refractivity contribution < 1.29 is 19.1 Å². The lowest BCUT2D eigenvalue weighted by molar-refractivity contribution is 0.112. The van der Waals surface area contributed by atoms with Crippen LogP contribution in [0.5, 0.6) is 5.75 Å². The molecule has 0 aliphatic carbocycles. The molecule has 0 unspecified atom stereocenters. The molecular formula is C10H11NO4. The number of carbonyl (C=O) groups is 2. The Morgan fingerprint density at radius 3 is 2.47 bits per heavy atom. The second-order valence-electron chi connectivity index (χ2n) is 2.70. The fourth-order valence-electron chi connectivity index (χ4n) is 0.944. The van der Waals surface area contributed by atoms with Gasteiger partial charge in [-0.25, -0.2) is 4.79 Å². The molecule has 0 heterocycles. The summed E-state index contributed by atoms with van der Waals surface area (Å²) in [7, 11) is 0. The predicted molar refractivity (Wildman–Crippen MR) is 52.9 cm³/mol. The number of aldehydes is 1. The van der Waals surface area contributed by atoms with E-state index in [0.717, 1.165) is 6.29 Å². The van der Waals surface area contributed by atoms with E-state index in [1.165, 1.54) is 0 Å². The summed E-state index contributed by atoms with van der Waals surface area (Å²) in [5.74, 6) is 0.605. The highest BCUT2D eigenvalue weighted by atomic mass is 16.6. The van der Waals surface area contributed by atoms with Crippen LogP contribution in [0.3, 0.4) is 0 Å². The van der Waals surface area contributed by atoms with Gasteiger partial charge in [-0.15, -0.1) is 0 Å². The normalized spacial score (nSPS) is 9.33. The van der Waals surface area contributed by atoms with Crippen molar-refractivity contribution in [1.29, 1.82) is 0 Å². The largest absolute Gasteiger partial charge is 0.490 e. The van der Waals surface area contributed by atoms with Gasteiger partial charge in [-0.2, -0.15) is 0 Å². The van der Waals surface area contributed by atoms with Gasteiger partial charge >= 0.3 is 6.09 Å². The summed E-state index contributed by atoms with van der Waals surface area (Å²) < 4.78 is 9.67. The molecule has 1 aromatic carbocycles. The van der Waals surface area contributed by atoms with Crippen molar-refractivity contribution in [1.82, 2.24) is 0 Å². The van der Waals surface area contributed by atoms with Crippen LogP contribution in [-0.4, -0.2) is 25.6 Å². The summed E-state index contributed by atoms with van der Waals surface area (Å²) >= 11 is 0. The Labute approximate surface area is 86.8 Å². The molecule has 0 saturated carbocycles. The molecule has 0 aliphatic rings. The van der Waals surface area contributed by atoms with Gasteiger partial charge in [-0.1, -0.05) is 0 Å². The highest BCUT2D eigenvalue weighted by Crippen LogP contribution is 2.10. The third-order valence-electron chi connectivity index (χ3n) is 1.61. The van der Waals surface area contributed by atoms with Crippen LogP contribution in [0.15, 0.2) is 24.3 Å². The van der Waals surface area contributed by atoms with E-state index in [1.807, 2.05) is 0 Å². The summed E-state index contributed by atoms with van der Waals surface area (Å²) in [5, 5.41) is 0. The van der Waals surface area contributed by atoms with Crippen LogP contribution in [0.25, 0.3) is 0 Å². The van der Waals surface area contributed by atoms with E-state index in [4.69, 9.17) is 10.5 Å². The molecule has 0 fully saturated rings. The van der Waals surface area contributed by atoms with Crippen molar-refractivity contribution in [3.8, 4) is 5.75 Å².